The van der Waals surface area contributed by atoms with Gasteiger partial charge in [0.1, 0.15) is 6.04 Å². The van der Waals surface area contributed by atoms with Gasteiger partial charge in [0, 0.05) is 10.2 Å². The average molecular weight is 364 g/mol. The van der Waals surface area contributed by atoms with Crippen LogP contribution in [0.3, 0.4) is 0 Å². The molecule has 0 amide bonds. The van der Waals surface area contributed by atoms with E-state index >= 15 is 0 Å². The van der Waals surface area contributed by atoms with Crippen LogP contribution in [0.5, 0.6) is 0 Å². The highest BCUT2D eigenvalue weighted by molar-refractivity contribution is 9.10. The third-order valence-electron chi connectivity index (χ3n) is 3.54. The number of benzene rings is 1. The Kier molecular flexibility index (Phi) is 3.93. The second-order valence-electron chi connectivity index (χ2n) is 4.76. The van der Waals surface area contributed by atoms with Crippen molar-refractivity contribution in [2.45, 2.75) is 19.4 Å². The van der Waals surface area contributed by atoms with E-state index in [1.807, 2.05) is 31.2 Å². The maximum absolute atomic E-state index is 12.3. The van der Waals surface area contributed by atoms with Crippen molar-refractivity contribution >= 4 is 27.8 Å². The number of carbonyl (C=O) groups is 1. The van der Waals surface area contributed by atoms with E-state index in [-0.39, 0.29) is 0 Å². The molecule has 0 saturated carbocycles. The molecule has 0 unspecified atom stereocenters. The second-order valence-corrected chi connectivity index (χ2v) is 5.68. The fourth-order valence-corrected chi connectivity index (χ4v) is 2.78. The van der Waals surface area contributed by atoms with Crippen molar-refractivity contribution in [3.05, 3.63) is 45.6 Å². The van der Waals surface area contributed by atoms with Crippen molar-refractivity contribution in [3.8, 4) is 0 Å². The van der Waals surface area contributed by atoms with E-state index in [1.54, 1.807) is 4.68 Å². The summed E-state index contributed by atoms with van der Waals surface area (Å²) in [6.07, 6.45) is 0.643. The molecule has 1 aliphatic rings. The molecular formula is C14H14BrN5O2. The lowest BCUT2D eigenvalue weighted by atomic mass is 9.95. The molecule has 1 aliphatic heterocycles. The first-order valence-electron chi connectivity index (χ1n) is 6.77. The predicted molar refractivity (Wildman–Crippen MR) is 83.1 cm³/mol. The third-order valence-corrected chi connectivity index (χ3v) is 4.07. The average Bonchev–Trinajstić information content (AvgIpc) is 3.01. The predicted octanol–water partition coefficient (Wildman–Crippen LogP) is 2.29. The van der Waals surface area contributed by atoms with Crippen molar-refractivity contribution in [2.24, 2.45) is 0 Å². The number of tetrazole rings is 1. The van der Waals surface area contributed by atoms with E-state index in [0.29, 0.717) is 17.9 Å². The Morgan fingerprint density at radius 1 is 1.41 bits per heavy atom. The highest BCUT2D eigenvalue weighted by Crippen LogP contribution is 2.36. The topological polar surface area (TPSA) is 81.9 Å². The van der Waals surface area contributed by atoms with E-state index < -0.39 is 12.0 Å². The van der Waals surface area contributed by atoms with Gasteiger partial charge in [-0.1, -0.05) is 40.1 Å². The summed E-state index contributed by atoms with van der Waals surface area (Å²) in [7, 11) is 1.37. The molecule has 2 heterocycles. The molecule has 0 fully saturated rings. The lowest BCUT2D eigenvalue weighted by Gasteiger charge is -2.28. The summed E-state index contributed by atoms with van der Waals surface area (Å²) in [5.41, 5.74) is 2.19. The number of nitrogens with one attached hydrogen (secondary N) is 1. The van der Waals surface area contributed by atoms with Gasteiger partial charge in [-0.2, -0.15) is 4.68 Å². The normalized spacial score (nSPS) is 17.0. The number of nitrogens with zero attached hydrogens (tertiary/aromatic N) is 4. The maximum atomic E-state index is 12.3. The monoisotopic (exact) mass is 363 g/mol. The van der Waals surface area contributed by atoms with E-state index in [1.165, 1.54) is 7.11 Å². The lowest BCUT2D eigenvalue weighted by Crippen LogP contribution is -2.30. The smallest absolute Gasteiger partial charge is 0.338 e. The summed E-state index contributed by atoms with van der Waals surface area (Å²) in [4.78, 5) is 12.3. The molecule has 8 heteroatoms. The molecule has 22 heavy (non-hydrogen) atoms. The van der Waals surface area contributed by atoms with Crippen LogP contribution in [0, 0.1) is 0 Å². The van der Waals surface area contributed by atoms with Crippen LogP contribution in [0.25, 0.3) is 0 Å². The molecule has 2 aromatic rings. The summed E-state index contributed by atoms with van der Waals surface area (Å²) in [5, 5.41) is 14.8. The van der Waals surface area contributed by atoms with Gasteiger partial charge < -0.3 is 10.1 Å². The van der Waals surface area contributed by atoms with Gasteiger partial charge in [-0.15, -0.1) is 0 Å². The largest absolute Gasteiger partial charge is 0.466 e. The van der Waals surface area contributed by atoms with Gasteiger partial charge in [-0.3, -0.25) is 0 Å². The summed E-state index contributed by atoms with van der Waals surface area (Å²) in [5.74, 6) is 0.121. The molecule has 0 spiro atoms. The van der Waals surface area contributed by atoms with Crippen LogP contribution < -0.4 is 5.32 Å². The lowest BCUT2D eigenvalue weighted by molar-refractivity contribution is -0.136. The minimum Gasteiger partial charge on any atom is -0.466 e. The van der Waals surface area contributed by atoms with E-state index in [0.717, 1.165) is 15.7 Å². The molecular weight excluding hydrogens is 350 g/mol. The van der Waals surface area contributed by atoms with Crippen molar-refractivity contribution in [3.63, 3.8) is 0 Å². The van der Waals surface area contributed by atoms with Gasteiger partial charge in [0.2, 0.25) is 5.95 Å². The van der Waals surface area contributed by atoms with Gasteiger partial charge in [0.15, 0.2) is 0 Å². The van der Waals surface area contributed by atoms with Gasteiger partial charge in [0.25, 0.3) is 0 Å². The van der Waals surface area contributed by atoms with Crippen LogP contribution in [-0.4, -0.2) is 33.3 Å². The van der Waals surface area contributed by atoms with Crippen LogP contribution >= 0.6 is 15.9 Å². The number of hydrogen-bond acceptors (Lipinski definition) is 6. The summed E-state index contributed by atoms with van der Waals surface area (Å²) < 4.78 is 7.51. The SMILES string of the molecule is CCC1=C(C(=O)OC)[C@H](c2ccc(Br)cc2)n2nnnc2N1. The molecule has 1 aromatic carbocycles. The highest BCUT2D eigenvalue weighted by Gasteiger charge is 2.35. The van der Waals surface area contributed by atoms with E-state index in [9.17, 15) is 4.79 Å². The molecule has 1 atom stereocenters. The Balaban J connectivity index is 2.19. The highest BCUT2D eigenvalue weighted by atomic mass is 79.9. The molecule has 0 radical (unpaired) electrons. The number of hydrogen-bond donors (Lipinski definition) is 1. The van der Waals surface area contributed by atoms with Gasteiger partial charge >= 0.3 is 5.97 Å². The Morgan fingerprint density at radius 3 is 2.77 bits per heavy atom. The molecule has 1 N–H and O–H groups in total. The van der Waals surface area contributed by atoms with Gasteiger partial charge in [0.05, 0.1) is 12.7 Å². The van der Waals surface area contributed by atoms with Crippen molar-refractivity contribution < 1.29 is 9.53 Å². The summed E-state index contributed by atoms with van der Waals surface area (Å²) >= 11 is 3.41. The van der Waals surface area contributed by atoms with Crippen LogP contribution in [0.4, 0.5) is 5.95 Å². The van der Waals surface area contributed by atoms with Gasteiger partial charge in [-0.25, -0.2) is 4.79 Å². The molecule has 7 nitrogen and oxygen atoms in total. The Hall–Kier alpha value is -2.22. The van der Waals surface area contributed by atoms with Crippen LogP contribution in [0.15, 0.2) is 40.0 Å². The molecule has 3 rings (SSSR count). The summed E-state index contributed by atoms with van der Waals surface area (Å²) in [6.45, 7) is 1.96. The third kappa shape index (κ3) is 2.39. The van der Waals surface area contributed by atoms with Gasteiger partial charge in [-0.05, 0) is 34.5 Å². The van der Waals surface area contributed by atoms with Crippen LogP contribution in [0.1, 0.15) is 24.9 Å². The van der Waals surface area contributed by atoms with E-state index in [2.05, 4.69) is 36.8 Å². The molecule has 0 bridgehead atoms. The van der Waals surface area contributed by atoms with Crippen molar-refractivity contribution in [1.29, 1.82) is 0 Å². The Morgan fingerprint density at radius 2 is 2.14 bits per heavy atom. The molecule has 0 aliphatic carbocycles. The number of methoxy groups -OCH3 is 1. The molecule has 0 saturated heterocycles. The number of anilines is 1. The fourth-order valence-electron chi connectivity index (χ4n) is 2.52. The molecule has 114 valence electrons. The fraction of sp³-hybridized carbons (Fsp3) is 0.286. The zero-order valence-corrected chi connectivity index (χ0v) is 13.7. The van der Waals surface area contributed by atoms with Crippen molar-refractivity contribution in [2.75, 3.05) is 12.4 Å². The second kappa shape index (κ2) is 5.88. The first-order chi connectivity index (χ1) is 10.7. The number of fused-ring (bicyclic) bond motifs is 1. The minimum atomic E-state index is -0.415. The number of aromatic nitrogens is 4. The summed E-state index contributed by atoms with van der Waals surface area (Å²) in [6, 6.07) is 7.29. The number of halogens is 1. The number of esters is 1. The first kappa shape index (κ1) is 14.7. The maximum Gasteiger partial charge on any atom is 0.338 e. The van der Waals surface area contributed by atoms with Crippen molar-refractivity contribution in [1.82, 2.24) is 20.2 Å². The number of carbonyl (C=O) groups excluding carboxylic acids is 1. The zero-order chi connectivity index (χ0) is 15.7. The van der Waals surface area contributed by atoms with Crippen LogP contribution in [-0.2, 0) is 9.53 Å². The Labute approximate surface area is 135 Å². The van der Waals surface area contributed by atoms with Crippen LogP contribution in [0.2, 0.25) is 0 Å². The number of allylic oxidation sites excluding steroid dienone is 1. The standard InChI is InChI=1S/C14H14BrN5O2/c1-3-10-11(13(21)22-2)12(8-4-6-9(15)7-5-8)20-14(16-10)17-18-19-20/h4-7,12H,3H2,1-2H3,(H,16,17,19)/t12-/m0/s1. The number of ether oxygens (including phenoxy) is 1. The zero-order valence-electron chi connectivity index (χ0n) is 12.1. The molecule has 1 aromatic heterocycles. The minimum absolute atomic E-state index is 0.390. The van der Waals surface area contributed by atoms with E-state index in [4.69, 9.17) is 4.74 Å². The first-order valence-corrected chi connectivity index (χ1v) is 7.56. The quantitative estimate of drug-likeness (QED) is 0.842. The number of rotatable bonds is 3. The Bertz CT molecular complexity index is 738.